The van der Waals surface area contributed by atoms with Gasteiger partial charge < -0.3 is 0 Å². The number of hydrogen-bond donors (Lipinski definition) is 0. The van der Waals surface area contributed by atoms with Gasteiger partial charge in [0.25, 0.3) is 0 Å². The molecule has 0 aliphatic carbocycles. The minimum absolute atomic E-state index is 0.380. The molecule has 0 aromatic rings. The van der Waals surface area contributed by atoms with E-state index in [2.05, 4.69) is 0 Å². The van der Waals surface area contributed by atoms with E-state index in [0.29, 0.717) is 5.70 Å². The third-order valence-corrected chi connectivity index (χ3v) is 0.418. The highest BCUT2D eigenvalue weighted by molar-refractivity contribution is 4.85. The smallest absolute Gasteiger partial charge is 0.0557 e. The zero-order chi connectivity index (χ0) is 4.28. The first-order chi connectivity index (χ1) is 2.27. The molecule has 0 saturated heterocycles. The van der Waals surface area contributed by atoms with Crippen LogP contribution in [0.2, 0.25) is 0 Å². The summed E-state index contributed by atoms with van der Waals surface area (Å²) in [6, 6.07) is 0. The molecule has 0 rings (SSSR count). The van der Waals surface area contributed by atoms with E-state index in [-0.39, 0.29) is 0 Å². The Morgan fingerprint density at radius 2 is 2.00 bits per heavy atom. The van der Waals surface area contributed by atoms with E-state index in [1.54, 1.807) is 19.9 Å². The van der Waals surface area contributed by atoms with Gasteiger partial charge in [0.2, 0.25) is 0 Å². The number of hydrogen-bond acceptors (Lipinski definition) is 0. The molecule has 0 atom stereocenters. The van der Waals surface area contributed by atoms with Crippen molar-refractivity contribution in [1.82, 2.24) is 5.73 Å². The molecule has 0 saturated carbocycles. The zero-order valence-electron chi connectivity index (χ0n) is 3.52. The van der Waals surface area contributed by atoms with Crippen LogP contribution in [0.1, 0.15) is 13.8 Å². The van der Waals surface area contributed by atoms with Crippen LogP contribution in [0, 0.1) is 0 Å². The second kappa shape index (κ2) is 1.82. The Balaban J connectivity index is 3.14. The van der Waals surface area contributed by atoms with Crippen molar-refractivity contribution in [2.75, 3.05) is 0 Å². The maximum atomic E-state index is 8.22. The van der Waals surface area contributed by atoms with Gasteiger partial charge in [0.15, 0.2) is 0 Å². The van der Waals surface area contributed by atoms with Crippen molar-refractivity contribution in [3.05, 3.63) is 11.8 Å². The number of rotatable bonds is 0. The van der Waals surface area contributed by atoms with Gasteiger partial charge in [-0.25, -0.2) is 0 Å². The van der Waals surface area contributed by atoms with Crippen molar-refractivity contribution in [3.63, 3.8) is 0 Å². The average molecular weight is 69.1 g/mol. The van der Waals surface area contributed by atoms with Crippen LogP contribution in [-0.2, 0) is 0 Å². The van der Waals surface area contributed by atoms with E-state index < -0.39 is 0 Å². The van der Waals surface area contributed by atoms with Gasteiger partial charge in [-0.3, -0.25) is 0 Å². The molecular formula is C4H7N. The van der Waals surface area contributed by atoms with Crippen LogP contribution in [0.15, 0.2) is 11.8 Å². The first kappa shape index (κ1) is 4.54. The van der Waals surface area contributed by atoms with Gasteiger partial charge in [0.05, 0.1) is 5.70 Å². The number of nitrogens with zero attached hydrogens (tertiary/aromatic N) is 1. The first-order valence-corrected chi connectivity index (χ1v) is 1.59. The highest BCUT2D eigenvalue weighted by Crippen LogP contribution is 1.75. The summed E-state index contributed by atoms with van der Waals surface area (Å²) in [5, 5.41) is 0. The molecule has 0 heterocycles. The molecule has 1 heteroatoms. The third kappa shape index (κ3) is 3.54. The highest BCUT2D eigenvalue weighted by atomic mass is 14.5. The van der Waals surface area contributed by atoms with Crippen LogP contribution in [0.5, 0.6) is 0 Å². The van der Waals surface area contributed by atoms with Crippen LogP contribution in [0.25, 0.3) is 0 Å². The molecule has 0 unspecified atom stereocenters. The van der Waals surface area contributed by atoms with E-state index in [1.807, 2.05) is 0 Å². The Bertz CT molecular complexity index is 41.6. The SMILES string of the molecule is C/C=C(\C)[N]. The fraction of sp³-hybridized carbons (Fsp3) is 0.500. The summed E-state index contributed by atoms with van der Waals surface area (Å²) in [5.41, 5.74) is 8.60. The minimum atomic E-state index is 0.380. The van der Waals surface area contributed by atoms with E-state index in [0.717, 1.165) is 0 Å². The van der Waals surface area contributed by atoms with Crippen molar-refractivity contribution in [2.24, 2.45) is 0 Å². The Morgan fingerprint density at radius 1 is 1.80 bits per heavy atom. The molecule has 0 N–H and O–H groups in total. The molecule has 0 aromatic heterocycles. The quantitative estimate of drug-likeness (QED) is 0.404. The Kier molecular flexibility index (Phi) is 1.65. The first-order valence-electron chi connectivity index (χ1n) is 1.59. The van der Waals surface area contributed by atoms with Gasteiger partial charge in [-0.15, -0.1) is 0 Å². The van der Waals surface area contributed by atoms with Crippen molar-refractivity contribution in [1.29, 1.82) is 0 Å². The van der Waals surface area contributed by atoms with Gasteiger partial charge in [-0.1, -0.05) is 6.08 Å². The predicted molar refractivity (Wildman–Crippen MR) is 21.6 cm³/mol. The van der Waals surface area contributed by atoms with Crippen molar-refractivity contribution in [3.8, 4) is 0 Å². The number of allylic oxidation sites excluding steroid dienone is 2. The van der Waals surface area contributed by atoms with Crippen molar-refractivity contribution < 1.29 is 0 Å². The van der Waals surface area contributed by atoms with Gasteiger partial charge in [0.1, 0.15) is 0 Å². The van der Waals surface area contributed by atoms with Crippen molar-refractivity contribution in [2.45, 2.75) is 13.8 Å². The molecule has 5 heavy (non-hydrogen) atoms. The molecule has 1 nitrogen and oxygen atoms in total. The highest BCUT2D eigenvalue weighted by Gasteiger charge is 1.65. The lowest BCUT2D eigenvalue weighted by Crippen LogP contribution is -1.65. The Morgan fingerprint density at radius 3 is 2.00 bits per heavy atom. The topological polar surface area (TPSA) is 22.3 Å². The maximum Gasteiger partial charge on any atom is 0.0557 e. The standard InChI is InChI=1S/C4H7N/c1-3-4(2)5/h3H,1-2H3/b4-3+. The molecule has 0 amide bonds. The Labute approximate surface area is 32.5 Å². The lowest BCUT2D eigenvalue weighted by molar-refractivity contribution is 1.25. The Hall–Kier alpha value is -0.460. The predicted octanol–water partition coefficient (Wildman–Crippen LogP) is 0.979. The normalized spacial score (nSPS) is 12.0. The molecule has 0 bridgehead atoms. The fourth-order valence-corrected chi connectivity index (χ4v) is 0. The summed E-state index contributed by atoms with van der Waals surface area (Å²) in [5.74, 6) is 0. The van der Waals surface area contributed by atoms with Crippen LogP contribution in [0.4, 0.5) is 0 Å². The summed E-state index contributed by atoms with van der Waals surface area (Å²) in [4.78, 5) is 0. The third-order valence-electron chi connectivity index (χ3n) is 0.418. The molecule has 0 aliphatic rings. The molecule has 2 radical (unpaired) electrons. The van der Waals surface area contributed by atoms with E-state index >= 15 is 0 Å². The van der Waals surface area contributed by atoms with Gasteiger partial charge in [0, 0.05) is 0 Å². The largest absolute Gasteiger partial charge is 0.156 e. The molecule has 0 fully saturated rings. The summed E-state index contributed by atoms with van der Waals surface area (Å²) < 4.78 is 0. The summed E-state index contributed by atoms with van der Waals surface area (Å²) in [6.07, 6.45) is 1.64. The average Bonchev–Trinajstić information content (AvgIpc) is 1.38. The summed E-state index contributed by atoms with van der Waals surface area (Å²) in [6.45, 7) is 3.43. The lowest BCUT2D eigenvalue weighted by Gasteiger charge is -1.69. The monoisotopic (exact) mass is 69.1 g/mol. The maximum absolute atomic E-state index is 8.22. The van der Waals surface area contributed by atoms with Gasteiger partial charge >= 0.3 is 0 Å². The van der Waals surface area contributed by atoms with Crippen LogP contribution in [-0.4, -0.2) is 0 Å². The van der Waals surface area contributed by atoms with E-state index in [4.69, 9.17) is 5.73 Å². The van der Waals surface area contributed by atoms with Crippen LogP contribution >= 0.6 is 0 Å². The van der Waals surface area contributed by atoms with E-state index in [1.165, 1.54) is 0 Å². The van der Waals surface area contributed by atoms with Crippen LogP contribution < -0.4 is 5.73 Å². The van der Waals surface area contributed by atoms with Gasteiger partial charge in [-0.2, -0.15) is 5.73 Å². The summed E-state index contributed by atoms with van der Waals surface area (Å²) in [7, 11) is 0. The van der Waals surface area contributed by atoms with Crippen LogP contribution in [0.3, 0.4) is 0 Å². The summed E-state index contributed by atoms with van der Waals surface area (Å²) >= 11 is 0. The minimum Gasteiger partial charge on any atom is -0.156 e. The molecule has 0 aliphatic heterocycles. The molecule has 0 aromatic carbocycles. The fourth-order valence-electron chi connectivity index (χ4n) is 0. The van der Waals surface area contributed by atoms with Crippen molar-refractivity contribution >= 4 is 0 Å². The van der Waals surface area contributed by atoms with E-state index in [9.17, 15) is 0 Å². The molecule has 0 spiro atoms. The zero-order valence-corrected chi connectivity index (χ0v) is 3.52. The molecular weight excluding hydrogens is 62.1 g/mol. The second-order valence-electron chi connectivity index (χ2n) is 0.930. The molecule has 28 valence electrons. The lowest BCUT2D eigenvalue weighted by atomic mass is 10.5. The second-order valence-corrected chi connectivity index (χ2v) is 0.930. The van der Waals surface area contributed by atoms with Gasteiger partial charge in [-0.05, 0) is 13.8 Å².